The third kappa shape index (κ3) is 10.2. The number of rotatable bonds is 10. The van der Waals surface area contributed by atoms with E-state index in [1.54, 1.807) is 32.4 Å². The number of ketones is 1. The van der Waals surface area contributed by atoms with Crippen molar-refractivity contribution in [1.82, 2.24) is 0 Å². The number of nitrogens with zero attached hydrogens (tertiary/aromatic N) is 1. The van der Waals surface area contributed by atoms with Crippen LogP contribution in [0.15, 0.2) is 89.7 Å². The summed E-state index contributed by atoms with van der Waals surface area (Å²) in [5, 5.41) is 48.1. The van der Waals surface area contributed by atoms with Crippen LogP contribution in [-0.2, 0) is 35.4 Å². The van der Waals surface area contributed by atoms with Gasteiger partial charge < -0.3 is 45.7 Å². The van der Waals surface area contributed by atoms with E-state index < -0.39 is 12.4 Å². The first-order chi connectivity index (χ1) is 29.5. The predicted molar refractivity (Wildman–Crippen MR) is 238 cm³/mol. The Morgan fingerprint density at radius 1 is 1.03 bits per heavy atom. The number of aliphatic hydroxyl groups excluding tert-OH is 2. The van der Waals surface area contributed by atoms with E-state index in [2.05, 4.69) is 40.5 Å². The number of carbonyl (C=O) groups is 1. The highest BCUT2D eigenvalue weighted by molar-refractivity contribution is 6.01. The zero-order valence-electron chi connectivity index (χ0n) is 35.0. The smallest absolute Gasteiger partial charge is 0.192 e. The Morgan fingerprint density at radius 3 is 2.69 bits per heavy atom. The molecule has 2 aliphatic carbocycles. The van der Waals surface area contributed by atoms with Gasteiger partial charge in [0.2, 0.25) is 0 Å². The van der Waals surface area contributed by atoms with Gasteiger partial charge in [0.05, 0.1) is 7.11 Å². The molecule has 0 amide bonds. The van der Waals surface area contributed by atoms with Gasteiger partial charge in [0, 0.05) is 54.6 Å². The van der Waals surface area contributed by atoms with Crippen LogP contribution in [0.5, 0.6) is 17.2 Å². The number of hydrogen-bond donors (Lipinski definition) is 6. The largest absolute Gasteiger partial charge is 0.508 e. The number of nitrogens with one attached hydrogen (secondary N) is 1. The number of phenols is 1. The number of aryl methyl sites for hydroxylation is 2. The van der Waals surface area contributed by atoms with Gasteiger partial charge in [-0.2, -0.15) is 0 Å². The summed E-state index contributed by atoms with van der Waals surface area (Å²) in [5.74, 6) is 4.69. The van der Waals surface area contributed by atoms with Crippen LogP contribution in [0.3, 0.4) is 0 Å². The van der Waals surface area contributed by atoms with Crippen LogP contribution in [0, 0.1) is 23.9 Å². The molecule has 0 unspecified atom stereocenters. The molecule has 2 aliphatic heterocycles. The van der Waals surface area contributed by atoms with Crippen LogP contribution in [0.25, 0.3) is 16.8 Å². The predicted octanol–water partition coefficient (Wildman–Crippen LogP) is 8.44. The van der Waals surface area contributed by atoms with E-state index in [1.807, 2.05) is 55.5 Å². The highest BCUT2D eigenvalue weighted by Gasteiger charge is 2.28. The van der Waals surface area contributed by atoms with Crippen molar-refractivity contribution in [3.8, 4) is 29.3 Å². The molecule has 4 aliphatic rings. The van der Waals surface area contributed by atoms with Gasteiger partial charge in [0.1, 0.15) is 36.1 Å². The highest BCUT2D eigenvalue weighted by Crippen LogP contribution is 2.44. The maximum Gasteiger partial charge on any atom is 0.192 e. The minimum Gasteiger partial charge on any atom is -0.508 e. The molecule has 11 nitrogen and oxygen atoms in total. The normalized spacial score (nSPS) is 20.3. The molecule has 61 heavy (non-hydrogen) atoms. The molecule has 0 radical (unpaired) electrons. The fraction of sp³-hybridized carbons (Fsp3) is 0.360. The second-order valence-corrected chi connectivity index (χ2v) is 16.2. The number of ether oxygens (including phenoxy) is 3. The molecule has 0 saturated heterocycles. The van der Waals surface area contributed by atoms with Gasteiger partial charge in [0.15, 0.2) is 23.7 Å². The van der Waals surface area contributed by atoms with Crippen LogP contribution in [0.4, 0.5) is 5.69 Å². The second-order valence-electron chi connectivity index (χ2n) is 16.2. The Balaban J connectivity index is 1.16. The summed E-state index contributed by atoms with van der Waals surface area (Å²) in [6.07, 6.45) is 15.3. The van der Waals surface area contributed by atoms with Gasteiger partial charge in [-0.05, 0) is 126 Å². The van der Waals surface area contributed by atoms with E-state index in [-0.39, 0.29) is 66.5 Å². The lowest BCUT2D eigenvalue weighted by atomic mass is 9.80. The zero-order chi connectivity index (χ0) is 43.0. The SMILES string of the molecule is CN=C(N)Nc1cccc(CCCC[C@@H]2C=CC(O)=C[C@@H]2C[C@H]2CC(=O)CCc3ccc(OC)c(c3)OCc3c(C(O)O)cc4c(c(O)cc5c4c3C=C[C@@H]5C)CC#CO2)c1. The number of Topliss-reactive ketones (excluding diaryl/α,β-unsaturated/α-hetero) is 1. The number of phenolic OH excluding ortho intramolecular Hbond substituents is 1. The lowest BCUT2D eigenvalue weighted by Gasteiger charge is -2.28. The number of nitrogens with two attached hydrogens (primary N) is 1. The average Bonchev–Trinajstić information content (AvgIpc) is 3.24. The molecule has 0 spiro atoms. The first-order valence-corrected chi connectivity index (χ1v) is 21.0. The van der Waals surface area contributed by atoms with Crippen molar-refractivity contribution < 1.29 is 39.4 Å². The Kier molecular flexibility index (Phi) is 13.7. The Morgan fingerprint density at radius 2 is 1.89 bits per heavy atom. The van der Waals surface area contributed by atoms with Crippen LogP contribution in [-0.4, -0.2) is 52.4 Å². The molecule has 0 aromatic heterocycles. The minimum absolute atomic E-state index is 0.00674. The first-order valence-electron chi connectivity index (χ1n) is 21.0. The first kappa shape index (κ1) is 42.9. The van der Waals surface area contributed by atoms with Gasteiger partial charge in [-0.1, -0.05) is 55.7 Å². The molecule has 2 heterocycles. The third-order valence-electron chi connectivity index (χ3n) is 12.0. The summed E-state index contributed by atoms with van der Waals surface area (Å²) < 4.78 is 18.3. The maximum atomic E-state index is 13.7. The molecule has 11 heteroatoms. The minimum atomic E-state index is -1.82. The molecule has 4 aromatic rings. The number of unbranched alkanes of at least 4 members (excludes halogenated alkanes) is 1. The standard InChI is InChI=1S/C50H55N3O8/c1-30-13-19-40-44-29-61-47-23-32(15-20-46(47)59-3)14-17-37(55)26-38(60-21-7-12-39-42(27-43(44)49(57)58)48(40)41(30)28-45(39)56)25-34-24-36(54)18-16-33(34)10-5-4-8-31-9-6-11-35(22-31)53-50(51)52-2/h6,9,11,13,15-16,18-20,22-24,27-28,30,33-34,38,49,54,56-58H,4-5,8,10,12,14,17,25-26,29H2,1-3H3,(H3,51,52,53)/t30-,33+,34+,38-/m0/s1. The van der Waals surface area contributed by atoms with Crippen molar-refractivity contribution in [2.45, 2.75) is 89.6 Å². The van der Waals surface area contributed by atoms with Crippen LogP contribution < -0.4 is 20.5 Å². The Labute approximate surface area is 357 Å². The molecule has 7 N–H and O–H groups in total. The maximum absolute atomic E-state index is 13.7. The Bertz CT molecular complexity index is 2460. The van der Waals surface area contributed by atoms with Gasteiger partial charge in [-0.15, -0.1) is 0 Å². The quantitative estimate of drug-likeness (QED) is 0.0299. The topological polar surface area (TPSA) is 176 Å². The Hall–Kier alpha value is -6.22. The summed E-state index contributed by atoms with van der Waals surface area (Å²) >= 11 is 0. The number of hydrogen-bond acceptors (Lipinski definition) is 9. The van der Waals surface area contributed by atoms with Crippen LogP contribution >= 0.6 is 0 Å². The van der Waals surface area contributed by atoms with Crippen molar-refractivity contribution in [3.05, 3.63) is 124 Å². The lowest BCUT2D eigenvalue weighted by Crippen LogP contribution is -2.24. The van der Waals surface area contributed by atoms with Crippen LogP contribution in [0.1, 0.15) is 96.6 Å². The van der Waals surface area contributed by atoms with E-state index in [1.165, 1.54) is 5.56 Å². The van der Waals surface area contributed by atoms with E-state index >= 15 is 0 Å². The molecule has 4 atom stereocenters. The van der Waals surface area contributed by atoms with Gasteiger partial charge >= 0.3 is 0 Å². The number of anilines is 1. The number of benzene rings is 4. The van der Waals surface area contributed by atoms with Gasteiger partial charge in [-0.25, -0.2) is 0 Å². The summed E-state index contributed by atoms with van der Waals surface area (Å²) in [7, 11) is 3.20. The van der Waals surface area contributed by atoms with E-state index in [0.29, 0.717) is 46.8 Å². The second kappa shape index (κ2) is 19.4. The molecule has 0 saturated carbocycles. The zero-order valence-corrected chi connectivity index (χ0v) is 35.0. The molecular formula is C50H55N3O8. The van der Waals surface area contributed by atoms with E-state index in [4.69, 9.17) is 19.9 Å². The number of guanidine groups is 1. The summed E-state index contributed by atoms with van der Waals surface area (Å²) in [5.41, 5.74) is 11.9. The molecule has 318 valence electrons. The molecule has 8 rings (SSSR count). The number of fused-ring (bicyclic) bond motifs is 9. The monoisotopic (exact) mass is 825 g/mol. The average molecular weight is 826 g/mol. The number of aromatic hydroxyl groups is 1. The molecular weight excluding hydrogens is 771 g/mol. The number of aliphatic hydroxyl groups is 3. The molecule has 0 fully saturated rings. The van der Waals surface area contributed by atoms with Crippen molar-refractivity contribution in [1.29, 1.82) is 0 Å². The molecule has 6 bridgehead atoms. The van der Waals surface area contributed by atoms with Crippen molar-refractivity contribution in [2.24, 2.45) is 22.6 Å². The van der Waals surface area contributed by atoms with Crippen molar-refractivity contribution >= 4 is 34.3 Å². The number of methoxy groups -OCH3 is 1. The molecule has 4 aromatic carbocycles. The summed E-state index contributed by atoms with van der Waals surface area (Å²) in [6.45, 7) is 2.06. The fourth-order valence-corrected chi connectivity index (χ4v) is 8.76. The van der Waals surface area contributed by atoms with E-state index in [0.717, 1.165) is 53.4 Å². The van der Waals surface area contributed by atoms with Gasteiger partial charge in [-0.3, -0.25) is 9.79 Å². The van der Waals surface area contributed by atoms with E-state index in [9.17, 15) is 25.2 Å². The van der Waals surface area contributed by atoms with Crippen molar-refractivity contribution in [2.75, 3.05) is 19.5 Å². The van der Waals surface area contributed by atoms with Crippen molar-refractivity contribution in [3.63, 3.8) is 0 Å². The number of carbonyl (C=O) groups excluding carboxylic acids is 1. The van der Waals surface area contributed by atoms with Crippen LogP contribution in [0.2, 0.25) is 0 Å². The number of allylic oxidation sites excluding steroid dienone is 4. The fourth-order valence-electron chi connectivity index (χ4n) is 8.76. The summed E-state index contributed by atoms with van der Waals surface area (Å²) in [6, 6.07) is 17.2. The van der Waals surface area contributed by atoms with Gasteiger partial charge in [0.25, 0.3) is 0 Å². The number of aliphatic imine (C=N–C) groups is 1. The highest BCUT2D eigenvalue weighted by atomic mass is 16.5. The summed E-state index contributed by atoms with van der Waals surface area (Å²) in [4.78, 5) is 17.7. The third-order valence-corrected chi connectivity index (χ3v) is 12.0. The lowest BCUT2D eigenvalue weighted by molar-refractivity contribution is -0.121.